The Kier molecular flexibility index (Phi) is 3.27. The monoisotopic (exact) mass is 236 g/mol. The Labute approximate surface area is 99.8 Å². The lowest BCUT2D eigenvalue weighted by Gasteiger charge is -2.36. The van der Waals surface area contributed by atoms with Crippen LogP contribution < -0.4 is 0 Å². The van der Waals surface area contributed by atoms with E-state index in [4.69, 9.17) is 0 Å². The quantitative estimate of drug-likeness (QED) is 0.859. The van der Waals surface area contributed by atoms with Crippen molar-refractivity contribution < 1.29 is 5.11 Å². The zero-order valence-electron chi connectivity index (χ0n) is 9.39. The van der Waals surface area contributed by atoms with Crippen LogP contribution in [0.15, 0.2) is 11.6 Å². The number of thiazole rings is 1. The molecule has 1 fully saturated rings. The van der Waals surface area contributed by atoms with Gasteiger partial charge in [-0.05, 0) is 31.6 Å². The molecule has 2 rings (SSSR count). The molecule has 16 heavy (non-hydrogen) atoms. The molecular weight excluding hydrogens is 220 g/mol. The second-order valence-corrected chi connectivity index (χ2v) is 5.65. The Hall–Kier alpha value is -0.920. The van der Waals surface area contributed by atoms with Crippen molar-refractivity contribution in [2.75, 3.05) is 0 Å². The van der Waals surface area contributed by atoms with E-state index in [1.54, 1.807) is 6.20 Å². The third-order valence-electron chi connectivity index (χ3n) is 3.60. The molecule has 0 aromatic carbocycles. The highest BCUT2D eigenvalue weighted by Crippen LogP contribution is 2.47. The number of aliphatic hydroxyl groups is 1. The molecule has 3 nitrogen and oxygen atoms in total. The number of hydrogen-bond donors (Lipinski definition) is 1. The summed E-state index contributed by atoms with van der Waals surface area (Å²) in [5, 5.41) is 22.2. The van der Waals surface area contributed by atoms with Crippen LogP contribution in [0.2, 0.25) is 0 Å². The summed E-state index contributed by atoms with van der Waals surface area (Å²) in [5.41, 5.74) is -0.607. The fourth-order valence-corrected chi connectivity index (χ4v) is 3.07. The summed E-state index contributed by atoms with van der Waals surface area (Å²) in [4.78, 5) is 4.12. The van der Waals surface area contributed by atoms with E-state index in [0.29, 0.717) is 10.9 Å². The van der Waals surface area contributed by atoms with E-state index < -0.39 is 11.5 Å². The maximum absolute atomic E-state index is 10.3. The summed E-state index contributed by atoms with van der Waals surface area (Å²) in [6.07, 6.45) is 4.58. The van der Waals surface area contributed by atoms with Gasteiger partial charge in [-0.2, -0.15) is 5.26 Å². The maximum atomic E-state index is 10.3. The molecule has 1 aromatic heterocycles. The van der Waals surface area contributed by atoms with Crippen molar-refractivity contribution in [1.29, 1.82) is 5.26 Å². The van der Waals surface area contributed by atoms with Crippen LogP contribution in [-0.2, 0) is 0 Å². The summed E-state index contributed by atoms with van der Waals surface area (Å²) < 4.78 is 0. The Morgan fingerprint density at radius 3 is 2.81 bits per heavy atom. The van der Waals surface area contributed by atoms with Gasteiger partial charge in [0.25, 0.3) is 0 Å². The smallest absolute Gasteiger partial charge is 0.124 e. The third kappa shape index (κ3) is 1.98. The second kappa shape index (κ2) is 4.52. The molecular formula is C12H16N2OS. The molecule has 0 spiro atoms. The van der Waals surface area contributed by atoms with Crippen LogP contribution in [0.3, 0.4) is 0 Å². The number of nitriles is 1. The lowest BCUT2D eigenvalue weighted by Crippen LogP contribution is -2.32. The number of nitrogens with zero attached hydrogens (tertiary/aromatic N) is 2. The van der Waals surface area contributed by atoms with Crippen molar-refractivity contribution in [3.63, 3.8) is 0 Å². The SMILES string of the molecule is CC1CCC(C#N)(C(O)c2nccs2)CC1. The standard InChI is InChI=1S/C12H16N2OS/c1-9-2-4-12(8-13,5-3-9)10(15)11-14-6-7-16-11/h6-7,9-10,15H,2-5H2,1H3. The lowest BCUT2D eigenvalue weighted by molar-refractivity contribution is 0.0265. The lowest BCUT2D eigenvalue weighted by atomic mass is 9.68. The molecule has 86 valence electrons. The molecule has 0 radical (unpaired) electrons. The van der Waals surface area contributed by atoms with Crippen LogP contribution >= 0.6 is 11.3 Å². The minimum absolute atomic E-state index is 0.607. The van der Waals surface area contributed by atoms with Crippen LogP contribution in [0.5, 0.6) is 0 Å². The van der Waals surface area contributed by atoms with Gasteiger partial charge in [-0.15, -0.1) is 11.3 Å². The van der Waals surface area contributed by atoms with Crippen LogP contribution in [0.25, 0.3) is 0 Å². The van der Waals surface area contributed by atoms with E-state index in [-0.39, 0.29) is 0 Å². The molecule has 4 heteroatoms. The molecule has 1 aliphatic rings. The van der Waals surface area contributed by atoms with Gasteiger partial charge in [0.1, 0.15) is 11.1 Å². The molecule has 1 saturated carbocycles. The van der Waals surface area contributed by atoms with E-state index in [0.717, 1.165) is 25.7 Å². The highest BCUT2D eigenvalue weighted by atomic mass is 32.1. The van der Waals surface area contributed by atoms with Crippen LogP contribution in [0, 0.1) is 22.7 Å². The van der Waals surface area contributed by atoms with Gasteiger partial charge < -0.3 is 5.11 Å². The van der Waals surface area contributed by atoms with Crippen LogP contribution in [0.4, 0.5) is 0 Å². The van der Waals surface area contributed by atoms with Gasteiger partial charge in [0.15, 0.2) is 0 Å². The van der Waals surface area contributed by atoms with E-state index in [1.807, 2.05) is 5.38 Å². The summed E-state index contributed by atoms with van der Waals surface area (Å²) >= 11 is 1.43. The molecule has 1 atom stereocenters. The van der Waals surface area contributed by atoms with E-state index in [1.165, 1.54) is 11.3 Å². The zero-order chi connectivity index (χ0) is 11.6. The Balaban J connectivity index is 2.19. The van der Waals surface area contributed by atoms with E-state index in [9.17, 15) is 10.4 Å². The molecule has 0 amide bonds. The Morgan fingerprint density at radius 2 is 2.31 bits per heavy atom. The largest absolute Gasteiger partial charge is 0.384 e. The molecule has 1 unspecified atom stereocenters. The Morgan fingerprint density at radius 1 is 1.62 bits per heavy atom. The first kappa shape index (κ1) is 11.6. The van der Waals surface area contributed by atoms with E-state index in [2.05, 4.69) is 18.0 Å². The van der Waals surface area contributed by atoms with Gasteiger partial charge in [-0.25, -0.2) is 4.98 Å². The molecule has 1 aromatic rings. The van der Waals surface area contributed by atoms with E-state index >= 15 is 0 Å². The Bertz CT molecular complexity index is 374. The van der Waals surface area contributed by atoms with Crippen LogP contribution in [-0.4, -0.2) is 10.1 Å². The number of hydrogen-bond acceptors (Lipinski definition) is 4. The first-order valence-electron chi connectivity index (χ1n) is 5.67. The fourth-order valence-electron chi connectivity index (χ4n) is 2.33. The second-order valence-electron chi connectivity index (χ2n) is 4.72. The van der Waals surface area contributed by atoms with Crippen molar-refractivity contribution in [2.24, 2.45) is 11.3 Å². The molecule has 0 aliphatic heterocycles. The van der Waals surface area contributed by atoms with Gasteiger partial charge in [0.05, 0.1) is 11.5 Å². The highest BCUT2D eigenvalue weighted by Gasteiger charge is 2.42. The predicted octanol–water partition coefficient (Wildman–Crippen LogP) is 2.90. The van der Waals surface area contributed by atoms with Gasteiger partial charge in [-0.1, -0.05) is 6.92 Å². The van der Waals surface area contributed by atoms with Crippen molar-refractivity contribution in [3.05, 3.63) is 16.6 Å². The number of aromatic nitrogens is 1. The van der Waals surface area contributed by atoms with Crippen molar-refractivity contribution in [3.8, 4) is 6.07 Å². The molecule has 1 aliphatic carbocycles. The fraction of sp³-hybridized carbons (Fsp3) is 0.667. The first-order chi connectivity index (χ1) is 7.68. The van der Waals surface area contributed by atoms with Crippen molar-refractivity contribution in [2.45, 2.75) is 38.7 Å². The first-order valence-corrected chi connectivity index (χ1v) is 6.54. The van der Waals surface area contributed by atoms with Gasteiger partial charge >= 0.3 is 0 Å². The summed E-state index contributed by atoms with van der Waals surface area (Å²) in [6, 6.07) is 2.34. The predicted molar refractivity (Wildman–Crippen MR) is 62.8 cm³/mol. The molecule has 0 bridgehead atoms. The molecule has 1 N–H and O–H groups in total. The minimum atomic E-state index is -0.718. The average Bonchev–Trinajstić information content (AvgIpc) is 2.83. The molecule has 0 saturated heterocycles. The summed E-state index contributed by atoms with van der Waals surface area (Å²) in [6.45, 7) is 2.21. The number of rotatable bonds is 2. The normalized spacial score (nSPS) is 31.9. The number of aliphatic hydroxyl groups excluding tert-OH is 1. The molecule has 1 heterocycles. The zero-order valence-corrected chi connectivity index (χ0v) is 10.2. The van der Waals surface area contributed by atoms with Gasteiger partial charge in [0, 0.05) is 11.6 Å². The summed E-state index contributed by atoms with van der Waals surface area (Å²) in [5.74, 6) is 0.671. The maximum Gasteiger partial charge on any atom is 0.124 e. The van der Waals surface area contributed by atoms with Crippen molar-refractivity contribution in [1.82, 2.24) is 4.98 Å². The van der Waals surface area contributed by atoms with Crippen molar-refractivity contribution >= 4 is 11.3 Å². The van der Waals surface area contributed by atoms with Gasteiger partial charge in [-0.3, -0.25) is 0 Å². The topological polar surface area (TPSA) is 56.9 Å². The van der Waals surface area contributed by atoms with Gasteiger partial charge in [0.2, 0.25) is 0 Å². The highest BCUT2D eigenvalue weighted by molar-refractivity contribution is 7.09. The average molecular weight is 236 g/mol. The summed E-state index contributed by atoms with van der Waals surface area (Å²) in [7, 11) is 0. The minimum Gasteiger partial charge on any atom is -0.384 e. The van der Waals surface area contributed by atoms with Crippen LogP contribution in [0.1, 0.15) is 43.7 Å². The third-order valence-corrected chi connectivity index (χ3v) is 4.43.